The van der Waals surface area contributed by atoms with Crippen LogP contribution in [0.2, 0.25) is 4.34 Å². The number of halogens is 1. The highest BCUT2D eigenvalue weighted by molar-refractivity contribution is 7.94. The Balaban J connectivity index is 1.85. The van der Waals surface area contributed by atoms with Crippen molar-refractivity contribution in [1.29, 1.82) is 0 Å². The van der Waals surface area contributed by atoms with E-state index in [0.29, 0.717) is 29.7 Å². The Hall–Kier alpha value is -1.44. The number of rotatable bonds is 2. The second-order valence-corrected chi connectivity index (χ2v) is 8.90. The molecule has 0 N–H and O–H groups in total. The van der Waals surface area contributed by atoms with E-state index in [4.69, 9.17) is 16.3 Å². The molecule has 0 fully saturated rings. The van der Waals surface area contributed by atoms with Crippen LogP contribution in [0.25, 0.3) is 0 Å². The van der Waals surface area contributed by atoms with E-state index >= 15 is 0 Å². The molecule has 3 heterocycles. The zero-order valence-corrected chi connectivity index (χ0v) is 13.9. The number of benzene rings is 1. The van der Waals surface area contributed by atoms with E-state index in [1.807, 2.05) is 18.2 Å². The highest BCUT2D eigenvalue weighted by Gasteiger charge is 2.35. The Labute approximate surface area is 137 Å². The van der Waals surface area contributed by atoms with Crippen LogP contribution in [0.3, 0.4) is 0 Å². The minimum atomic E-state index is -3.59. The molecule has 5 nitrogen and oxygen atoms in total. The molecule has 1 aromatic carbocycles. The molecule has 1 aromatic heterocycles. The number of sulfonamides is 1. The van der Waals surface area contributed by atoms with E-state index in [0.717, 1.165) is 29.3 Å². The topological polar surface area (TPSA) is 49.9 Å². The van der Waals surface area contributed by atoms with E-state index in [9.17, 15) is 8.42 Å². The Kier molecular flexibility index (Phi) is 3.25. The fraction of sp³-hybridized carbons (Fsp3) is 0.286. The molecule has 2 aliphatic heterocycles. The van der Waals surface area contributed by atoms with Crippen LogP contribution in [-0.4, -0.2) is 34.7 Å². The molecule has 0 radical (unpaired) electrons. The lowest BCUT2D eigenvalue weighted by Gasteiger charge is -2.40. The number of nitrogens with zero attached hydrogens (tertiary/aromatic N) is 2. The first-order valence-corrected chi connectivity index (χ1v) is 9.50. The molecule has 0 unspecified atom stereocenters. The summed E-state index contributed by atoms with van der Waals surface area (Å²) >= 11 is 6.97. The first-order valence-electron chi connectivity index (χ1n) is 6.86. The molecular formula is C14H13ClN2O3S2. The fourth-order valence-corrected chi connectivity index (χ4v) is 5.93. The lowest BCUT2D eigenvalue weighted by Crippen LogP contribution is -2.46. The molecule has 0 amide bonds. The first kappa shape index (κ1) is 14.2. The predicted octanol–water partition coefficient (Wildman–Crippen LogP) is 2.81. The number of para-hydroxylation sites is 1. The molecule has 116 valence electrons. The smallest absolute Gasteiger partial charge is 0.274 e. The Bertz CT molecular complexity index is 834. The van der Waals surface area contributed by atoms with Crippen LogP contribution in [-0.2, 0) is 10.0 Å². The summed E-state index contributed by atoms with van der Waals surface area (Å²) in [4.78, 5) is 2.18. The monoisotopic (exact) mass is 356 g/mol. The van der Waals surface area contributed by atoms with Gasteiger partial charge in [-0.1, -0.05) is 17.7 Å². The molecule has 0 saturated carbocycles. The van der Waals surface area contributed by atoms with Crippen molar-refractivity contribution >= 4 is 44.3 Å². The van der Waals surface area contributed by atoms with Crippen LogP contribution in [0.15, 0.2) is 34.5 Å². The van der Waals surface area contributed by atoms with E-state index in [1.165, 1.54) is 4.31 Å². The maximum atomic E-state index is 12.9. The number of thiophene rings is 1. The minimum Gasteiger partial charge on any atom is -0.489 e. The lowest BCUT2D eigenvalue weighted by atomic mass is 10.1. The van der Waals surface area contributed by atoms with Crippen molar-refractivity contribution in [2.75, 3.05) is 35.4 Å². The van der Waals surface area contributed by atoms with Gasteiger partial charge < -0.3 is 9.64 Å². The minimum absolute atomic E-state index is 0.264. The summed E-state index contributed by atoms with van der Waals surface area (Å²) in [6, 6.07) is 8.70. The molecule has 0 saturated heterocycles. The van der Waals surface area contributed by atoms with Crippen LogP contribution >= 0.6 is 22.9 Å². The van der Waals surface area contributed by atoms with Crippen molar-refractivity contribution in [3.05, 3.63) is 34.7 Å². The van der Waals surface area contributed by atoms with Crippen molar-refractivity contribution in [3.8, 4) is 5.75 Å². The van der Waals surface area contributed by atoms with Gasteiger partial charge in [-0.25, -0.2) is 8.42 Å². The highest BCUT2D eigenvalue weighted by atomic mass is 35.5. The summed E-state index contributed by atoms with van der Waals surface area (Å²) < 4.78 is 33.7. The normalized spacial score (nSPS) is 17.1. The van der Waals surface area contributed by atoms with Crippen molar-refractivity contribution in [2.24, 2.45) is 0 Å². The van der Waals surface area contributed by atoms with Gasteiger partial charge in [0.2, 0.25) is 0 Å². The third-order valence-corrected chi connectivity index (χ3v) is 7.36. The Morgan fingerprint density at radius 1 is 1.14 bits per heavy atom. The summed E-state index contributed by atoms with van der Waals surface area (Å²) in [6.07, 6.45) is 0. The standard InChI is InChI=1S/C14H13ClN2O3S2/c15-12-4-5-13(21-12)22(18,19)17-7-6-16-8-9-20-11-3-1-2-10(17)14(11)16/h1-5H,6-9H2. The van der Waals surface area contributed by atoms with Gasteiger partial charge in [0.05, 0.1) is 23.1 Å². The van der Waals surface area contributed by atoms with Gasteiger partial charge in [-0.2, -0.15) is 0 Å². The third kappa shape index (κ3) is 2.07. The molecule has 0 aliphatic carbocycles. The van der Waals surface area contributed by atoms with Crippen LogP contribution in [0.5, 0.6) is 5.75 Å². The van der Waals surface area contributed by atoms with Gasteiger partial charge in [-0.15, -0.1) is 11.3 Å². The van der Waals surface area contributed by atoms with Crippen molar-refractivity contribution in [2.45, 2.75) is 4.21 Å². The van der Waals surface area contributed by atoms with E-state index in [2.05, 4.69) is 4.90 Å². The van der Waals surface area contributed by atoms with Crippen molar-refractivity contribution < 1.29 is 13.2 Å². The average molecular weight is 357 g/mol. The lowest BCUT2D eigenvalue weighted by molar-refractivity contribution is 0.307. The van der Waals surface area contributed by atoms with Crippen LogP contribution in [0.4, 0.5) is 11.4 Å². The number of ether oxygens (including phenoxy) is 1. The van der Waals surface area contributed by atoms with Gasteiger partial charge in [-0.3, -0.25) is 4.31 Å². The molecule has 0 spiro atoms. The van der Waals surface area contributed by atoms with Gasteiger partial charge in [-0.05, 0) is 24.3 Å². The van der Waals surface area contributed by atoms with Crippen LogP contribution in [0.1, 0.15) is 0 Å². The molecular weight excluding hydrogens is 344 g/mol. The number of hydrogen-bond acceptors (Lipinski definition) is 5. The second kappa shape index (κ2) is 5.04. The zero-order chi connectivity index (χ0) is 15.3. The van der Waals surface area contributed by atoms with Crippen LogP contribution in [0, 0.1) is 0 Å². The van der Waals surface area contributed by atoms with E-state index in [1.54, 1.807) is 12.1 Å². The molecule has 4 rings (SSSR count). The SMILES string of the molecule is O=S(=O)(c1ccc(Cl)s1)N1CCN2CCOc3cccc1c32. The summed E-state index contributed by atoms with van der Waals surface area (Å²) in [6.45, 7) is 2.49. The summed E-state index contributed by atoms with van der Waals surface area (Å²) in [5, 5.41) is 0. The van der Waals surface area contributed by atoms with Gasteiger partial charge in [0.1, 0.15) is 22.3 Å². The van der Waals surface area contributed by atoms with Gasteiger partial charge in [0, 0.05) is 6.54 Å². The molecule has 22 heavy (non-hydrogen) atoms. The van der Waals surface area contributed by atoms with Crippen LogP contribution < -0.4 is 13.9 Å². The third-order valence-electron chi connectivity index (χ3n) is 3.85. The molecule has 2 aliphatic rings. The second-order valence-electron chi connectivity index (χ2n) is 5.10. The van der Waals surface area contributed by atoms with Crippen molar-refractivity contribution in [3.63, 3.8) is 0 Å². The molecule has 8 heteroatoms. The average Bonchev–Trinajstić information content (AvgIpc) is 2.95. The highest BCUT2D eigenvalue weighted by Crippen LogP contribution is 2.44. The number of hydrogen-bond donors (Lipinski definition) is 0. The maximum absolute atomic E-state index is 12.9. The van der Waals surface area contributed by atoms with Gasteiger partial charge in [0.15, 0.2) is 0 Å². The Morgan fingerprint density at radius 3 is 2.77 bits per heavy atom. The fourth-order valence-electron chi connectivity index (χ4n) is 2.87. The van der Waals surface area contributed by atoms with E-state index in [-0.39, 0.29) is 4.21 Å². The quantitative estimate of drug-likeness (QED) is 0.830. The van der Waals surface area contributed by atoms with E-state index < -0.39 is 10.0 Å². The largest absolute Gasteiger partial charge is 0.489 e. The summed E-state index contributed by atoms with van der Waals surface area (Å²) in [5.74, 6) is 0.743. The Morgan fingerprint density at radius 2 is 2.00 bits per heavy atom. The molecule has 2 aromatic rings. The maximum Gasteiger partial charge on any atom is 0.274 e. The zero-order valence-electron chi connectivity index (χ0n) is 11.5. The predicted molar refractivity (Wildman–Crippen MR) is 88.0 cm³/mol. The molecule has 0 atom stereocenters. The number of anilines is 2. The molecule has 0 bridgehead atoms. The van der Waals surface area contributed by atoms with Crippen molar-refractivity contribution in [1.82, 2.24) is 0 Å². The summed E-state index contributed by atoms with van der Waals surface area (Å²) in [5.41, 5.74) is 1.54. The first-order chi connectivity index (χ1) is 10.6. The van der Waals surface area contributed by atoms with Gasteiger partial charge in [0.25, 0.3) is 10.0 Å². The summed E-state index contributed by atoms with van der Waals surface area (Å²) in [7, 11) is -3.59. The van der Waals surface area contributed by atoms with Gasteiger partial charge >= 0.3 is 0 Å².